The van der Waals surface area contributed by atoms with Crippen molar-refractivity contribution in [2.45, 2.75) is 57.3 Å². The number of methoxy groups -OCH3 is 1. The highest BCUT2D eigenvalue weighted by Crippen LogP contribution is 2.40. The number of hydrogen-bond acceptors (Lipinski definition) is 2. The summed E-state index contributed by atoms with van der Waals surface area (Å²) >= 11 is 0. The third-order valence-corrected chi connectivity index (χ3v) is 4.90. The minimum atomic E-state index is 0.345. The Balaban J connectivity index is 2.12. The number of rotatable bonds is 9. The standard InChI is InChI=1S/C19H31NO/c1-3-4-7-12-19(16-20-14-15-21-2)13-8-10-17-9-5-6-11-18(17)19/h5-6,9,11,20H,3-4,7-8,10,12-16H2,1-2H3. The summed E-state index contributed by atoms with van der Waals surface area (Å²) in [4.78, 5) is 0. The lowest BCUT2D eigenvalue weighted by Crippen LogP contribution is -2.42. The molecule has 1 aromatic carbocycles. The van der Waals surface area contributed by atoms with Gasteiger partial charge in [-0.3, -0.25) is 0 Å². The number of nitrogens with one attached hydrogen (secondary N) is 1. The van der Waals surface area contributed by atoms with E-state index < -0.39 is 0 Å². The number of ether oxygens (including phenoxy) is 1. The fourth-order valence-electron chi connectivity index (χ4n) is 3.75. The first-order chi connectivity index (χ1) is 10.3. The fourth-order valence-corrected chi connectivity index (χ4v) is 3.75. The lowest BCUT2D eigenvalue weighted by Gasteiger charge is -2.40. The van der Waals surface area contributed by atoms with Gasteiger partial charge in [-0.2, -0.15) is 0 Å². The van der Waals surface area contributed by atoms with Gasteiger partial charge < -0.3 is 10.1 Å². The minimum absolute atomic E-state index is 0.345. The maximum Gasteiger partial charge on any atom is 0.0587 e. The van der Waals surface area contributed by atoms with E-state index in [1.54, 1.807) is 18.2 Å². The molecule has 1 aliphatic rings. The van der Waals surface area contributed by atoms with Crippen LogP contribution in [0.2, 0.25) is 0 Å². The molecule has 0 spiro atoms. The Kier molecular flexibility index (Phi) is 6.72. The summed E-state index contributed by atoms with van der Waals surface area (Å²) in [7, 11) is 1.77. The smallest absolute Gasteiger partial charge is 0.0587 e. The summed E-state index contributed by atoms with van der Waals surface area (Å²) in [5, 5.41) is 3.64. The van der Waals surface area contributed by atoms with Crippen molar-refractivity contribution in [3.8, 4) is 0 Å². The Labute approximate surface area is 130 Å². The van der Waals surface area contributed by atoms with Gasteiger partial charge in [0, 0.05) is 25.6 Å². The molecular weight excluding hydrogens is 258 g/mol. The molecule has 1 aliphatic carbocycles. The van der Waals surface area contributed by atoms with Gasteiger partial charge in [-0.05, 0) is 36.8 Å². The van der Waals surface area contributed by atoms with Crippen molar-refractivity contribution in [3.63, 3.8) is 0 Å². The van der Waals surface area contributed by atoms with Crippen LogP contribution in [0.3, 0.4) is 0 Å². The van der Waals surface area contributed by atoms with Gasteiger partial charge in [0.25, 0.3) is 0 Å². The average Bonchev–Trinajstić information content (AvgIpc) is 2.52. The summed E-state index contributed by atoms with van der Waals surface area (Å²) in [6, 6.07) is 9.11. The van der Waals surface area contributed by atoms with E-state index in [1.807, 2.05) is 0 Å². The molecule has 0 aliphatic heterocycles. The number of unbranched alkanes of at least 4 members (excludes halogenated alkanes) is 2. The van der Waals surface area contributed by atoms with E-state index in [-0.39, 0.29) is 0 Å². The first-order valence-electron chi connectivity index (χ1n) is 8.60. The van der Waals surface area contributed by atoms with Gasteiger partial charge in [0.05, 0.1) is 6.61 Å². The molecule has 0 saturated heterocycles. The van der Waals surface area contributed by atoms with Gasteiger partial charge >= 0.3 is 0 Å². The summed E-state index contributed by atoms with van der Waals surface area (Å²) in [6.07, 6.45) is 9.22. The molecule has 0 aromatic heterocycles. The third kappa shape index (κ3) is 4.31. The number of fused-ring (bicyclic) bond motifs is 1. The van der Waals surface area contributed by atoms with Crippen LogP contribution < -0.4 is 5.32 Å². The molecule has 1 N–H and O–H groups in total. The zero-order valence-electron chi connectivity index (χ0n) is 13.8. The Bertz CT molecular complexity index is 418. The van der Waals surface area contributed by atoms with E-state index in [9.17, 15) is 0 Å². The highest BCUT2D eigenvalue weighted by atomic mass is 16.5. The van der Waals surface area contributed by atoms with E-state index in [2.05, 4.69) is 36.5 Å². The Morgan fingerprint density at radius 3 is 2.90 bits per heavy atom. The topological polar surface area (TPSA) is 21.3 Å². The molecule has 1 unspecified atom stereocenters. The van der Waals surface area contributed by atoms with Crippen LogP contribution in [0.25, 0.3) is 0 Å². The van der Waals surface area contributed by atoms with Crippen LogP contribution in [-0.2, 0) is 16.6 Å². The van der Waals surface area contributed by atoms with Crippen LogP contribution in [0, 0.1) is 0 Å². The van der Waals surface area contributed by atoms with Gasteiger partial charge in [-0.25, -0.2) is 0 Å². The zero-order chi connectivity index (χ0) is 15.0. The van der Waals surface area contributed by atoms with Gasteiger partial charge in [0.2, 0.25) is 0 Å². The van der Waals surface area contributed by atoms with E-state index in [1.165, 1.54) is 44.9 Å². The molecule has 0 radical (unpaired) electrons. The predicted octanol–water partition coefficient (Wildman–Crippen LogP) is 4.08. The van der Waals surface area contributed by atoms with Crippen molar-refractivity contribution in [2.75, 3.05) is 26.8 Å². The zero-order valence-corrected chi connectivity index (χ0v) is 13.8. The Morgan fingerprint density at radius 2 is 2.10 bits per heavy atom. The van der Waals surface area contributed by atoms with E-state index in [0.717, 1.165) is 19.7 Å². The lowest BCUT2D eigenvalue weighted by atomic mass is 9.67. The van der Waals surface area contributed by atoms with Crippen LogP contribution in [0.15, 0.2) is 24.3 Å². The molecule has 1 atom stereocenters. The molecule has 2 heteroatoms. The summed E-state index contributed by atoms with van der Waals surface area (Å²) in [6.45, 7) is 5.14. The fraction of sp³-hybridized carbons (Fsp3) is 0.684. The van der Waals surface area contributed by atoms with Gasteiger partial charge in [-0.15, -0.1) is 0 Å². The van der Waals surface area contributed by atoms with Crippen LogP contribution in [0.1, 0.15) is 56.6 Å². The highest BCUT2D eigenvalue weighted by Gasteiger charge is 2.35. The largest absolute Gasteiger partial charge is 0.383 e. The SMILES string of the molecule is CCCCCC1(CNCCOC)CCCc2ccccc21. The normalized spacial score (nSPS) is 21.2. The van der Waals surface area contributed by atoms with Gasteiger partial charge in [0.15, 0.2) is 0 Å². The third-order valence-electron chi connectivity index (χ3n) is 4.90. The van der Waals surface area contributed by atoms with Crippen LogP contribution in [0.4, 0.5) is 0 Å². The van der Waals surface area contributed by atoms with Crippen LogP contribution in [-0.4, -0.2) is 26.8 Å². The molecule has 2 rings (SSSR count). The van der Waals surface area contributed by atoms with Crippen molar-refractivity contribution < 1.29 is 4.74 Å². The number of aryl methyl sites for hydroxylation is 1. The lowest BCUT2D eigenvalue weighted by molar-refractivity contribution is 0.193. The van der Waals surface area contributed by atoms with Gasteiger partial charge in [0.1, 0.15) is 0 Å². The summed E-state index contributed by atoms with van der Waals surface area (Å²) in [5.41, 5.74) is 3.53. The molecule has 0 saturated carbocycles. The van der Waals surface area contributed by atoms with Crippen LogP contribution >= 0.6 is 0 Å². The first kappa shape index (κ1) is 16.5. The average molecular weight is 289 g/mol. The monoisotopic (exact) mass is 289 g/mol. The molecular formula is C19H31NO. The van der Waals surface area contributed by atoms with Crippen LogP contribution in [0.5, 0.6) is 0 Å². The maximum atomic E-state index is 5.17. The number of hydrogen-bond donors (Lipinski definition) is 1. The van der Waals surface area contributed by atoms with Crippen molar-refractivity contribution in [3.05, 3.63) is 35.4 Å². The Hall–Kier alpha value is -0.860. The van der Waals surface area contributed by atoms with Crippen molar-refractivity contribution >= 4 is 0 Å². The molecule has 118 valence electrons. The predicted molar refractivity (Wildman–Crippen MR) is 89.9 cm³/mol. The second-order valence-electron chi connectivity index (χ2n) is 6.42. The molecule has 1 aromatic rings. The van der Waals surface area contributed by atoms with Crippen molar-refractivity contribution in [1.82, 2.24) is 5.32 Å². The molecule has 0 bridgehead atoms. The van der Waals surface area contributed by atoms with E-state index >= 15 is 0 Å². The molecule has 21 heavy (non-hydrogen) atoms. The molecule has 0 fully saturated rings. The maximum absolute atomic E-state index is 5.17. The van der Waals surface area contributed by atoms with Gasteiger partial charge in [-0.1, -0.05) is 50.5 Å². The molecule has 0 heterocycles. The highest BCUT2D eigenvalue weighted by molar-refractivity contribution is 5.37. The van der Waals surface area contributed by atoms with E-state index in [4.69, 9.17) is 4.74 Å². The van der Waals surface area contributed by atoms with Crippen molar-refractivity contribution in [1.29, 1.82) is 0 Å². The minimum Gasteiger partial charge on any atom is -0.383 e. The quantitative estimate of drug-likeness (QED) is 0.692. The number of benzene rings is 1. The molecule has 2 nitrogen and oxygen atoms in total. The second-order valence-corrected chi connectivity index (χ2v) is 6.42. The summed E-state index contributed by atoms with van der Waals surface area (Å²) < 4.78 is 5.17. The Morgan fingerprint density at radius 1 is 1.24 bits per heavy atom. The van der Waals surface area contributed by atoms with Crippen molar-refractivity contribution in [2.24, 2.45) is 0 Å². The summed E-state index contributed by atoms with van der Waals surface area (Å²) in [5.74, 6) is 0. The van der Waals surface area contributed by atoms with E-state index in [0.29, 0.717) is 5.41 Å². The molecule has 0 amide bonds. The second kappa shape index (κ2) is 8.55. The first-order valence-corrected chi connectivity index (χ1v) is 8.60.